The van der Waals surface area contributed by atoms with E-state index < -0.39 is 10.0 Å². The number of nitrogens with one attached hydrogen (secondary N) is 3. The van der Waals surface area contributed by atoms with Crippen molar-refractivity contribution in [2.45, 2.75) is 30.2 Å². The van der Waals surface area contributed by atoms with E-state index in [2.05, 4.69) is 15.4 Å². The first-order valence-corrected chi connectivity index (χ1v) is 8.09. The second-order valence-electron chi connectivity index (χ2n) is 4.73. The Morgan fingerprint density at radius 2 is 2.15 bits per heavy atom. The fourth-order valence-electron chi connectivity index (χ4n) is 2.16. The summed E-state index contributed by atoms with van der Waals surface area (Å²) < 4.78 is 25.7. The van der Waals surface area contributed by atoms with Crippen LogP contribution in [0, 0.1) is 0 Å². The lowest BCUT2D eigenvalue weighted by Gasteiger charge is -2.22. The van der Waals surface area contributed by atoms with E-state index >= 15 is 0 Å². The number of hydrogen-bond donors (Lipinski definition) is 3. The summed E-state index contributed by atoms with van der Waals surface area (Å²) in [6.45, 7) is 0.840. The minimum absolute atomic E-state index is 0.122. The van der Waals surface area contributed by atoms with Crippen molar-refractivity contribution in [3.05, 3.63) is 24.3 Å². The molecular weight excluding hydrogens is 278 g/mol. The summed E-state index contributed by atoms with van der Waals surface area (Å²) in [4.78, 5) is 12.2. The summed E-state index contributed by atoms with van der Waals surface area (Å²) in [5.74, 6) is -0.122. The average Bonchev–Trinajstić information content (AvgIpc) is 2.48. The highest BCUT2D eigenvalue weighted by molar-refractivity contribution is 7.89. The number of carbonyl (C=O) groups is 1. The number of piperidine rings is 1. The van der Waals surface area contributed by atoms with Crippen LogP contribution in [0.25, 0.3) is 0 Å². The van der Waals surface area contributed by atoms with Gasteiger partial charge in [-0.15, -0.1) is 0 Å². The molecule has 1 aliphatic heterocycles. The lowest BCUT2D eigenvalue weighted by atomic mass is 10.0. The number of amides is 1. The Morgan fingerprint density at radius 1 is 1.35 bits per heavy atom. The molecule has 7 heteroatoms. The van der Waals surface area contributed by atoms with Gasteiger partial charge in [0.2, 0.25) is 15.9 Å². The molecule has 0 saturated carbocycles. The normalized spacial score (nSPS) is 19.6. The van der Waals surface area contributed by atoms with E-state index in [0.29, 0.717) is 5.69 Å². The second-order valence-corrected chi connectivity index (χ2v) is 6.61. The molecule has 1 fully saturated rings. The van der Waals surface area contributed by atoms with Crippen molar-refractivity contribution in [2.75, 3.05) is 18.9 Å². The zero-order valence-corrected chi connectivity index (χ0v) is 12.2. The van der Waals surface area contributed by atoms with Crippen LogP contribution in [0.2, 0.25) is 0 Å². The van der Waals surface area contributed by atoms with Gasteiger partial charge in [-0.3, -0.25) is 4.79 Å². The lowest BCUT2D eigenvalue weighted by Crippen LogP contribution is -2.43. The summed E-state index contributed by atoms with van der Waals surface area (Å²) in [5, 5.41) is 5.91. The zero-order valence-electron chi connectivity index (χ0n) is 11.3. The number of rotatable bonds is 4. The first-order valence-electron chi connectivity index (χ1n) is 6.61. The topological polar surface area (TPSA) is 87.3 Å². The van der Waals surface area contributed by atoms with Crippen molar-refractivity contribution in [1.29, 1.82) is 0 Å². The molecule has 0 aliphatic carbocycles. The van der Waals surface area contributed by atoms with Crippen molar-refractivity contribution >= 4 is 21.6 Å². The SMILES string of the molecule is CNS(=O)(=O)c1cccc(NC(=O)[C@@H]2CCCCN2)c1. The highest BCUT2D eigenvalue weighted by atomic mass is 32.2. The Bertz CT molecular complexity index is 580. The molecule has 1 saturated heterocycles. The molecule has 1 aromatic rings. The standard InChI is InChI=1S/C13H19N3O3S/c1-14-20(18,19)11-6-4-5-10(9-11)16-13(17)12-7-2-3-8-15-12/h4-6,9,12,14-15H,2-3,7-8H2,1H3,(H,16,17)/t12-/m0/s1. The van der Waals surface area contributed by atoms with E-state index in [4.69, 9.17) is 0 Å². The molecule has 0 radical (unpaired) electrons. The summed E-state index contributed by atoms with van der Waals surface area (Å²) in [6, 6.07) is 6.02. The monoisotopic (exact) mass is 297 g/mol. The molecule has 20 heavy (non-hydrogen) atoms. The smallest absolute Gasteiger partial charge is 0.241 e. The molecule has 1 atom stereocenters. The van der Waals surface area contributed by atoms with Gasteiger partial charge in [0.25, 0.3) is 0 Å². The number of sulfonamides is 1. The van der Waals surface area contributed by atoms with Crippen LogP contribution in [0.5, 0.6) is 0 Å². The molecule has 2 rings (SSSR count). The molecular formula is C13H19N3O3S. The molecule has 1 amide bonds. The Balaban J connectivity index is 2.10. The Kier molecular flexibility index (Phi) is 4.74. The van der Waals surface area contributed by atoms with Gasteiger partial charge in [-0.1, -0.05) is 12.5 Å². The van der Waals surface area contributed by atoms with Crippen LogP contribution in [0.3, 0.4) is 0 Å². The van der Waals surface area contributed by atoms with E-state index in [0.717, 1.165) is 25.8 Å². The van der Waals surface area contributed by atoms with Crippen LogP contribution in [0.4, 0.5) is 5.69 Å². The molecule has 0 aromatic heterocycles. The predicted octanol–water partition coefficient (Wildman–Crippen LogP) is 0.675. The second kappa shape index (κ2) is 6.34. The molecule has 0 unspecified atom stereocenters. The Labute approximate surface area is 119 Å². The van der Waals surface area contributed by atoms with Gasteiger partial charge in [0.1, 0.15) is 0 Å². The summed E-state index contributed by atoms with van der Waals surface area (Å²) in [5.41, 5.74) is 0.485. The van der Waals surface area contributed by atoms with Crippen LogP contribution >= 0.6 is 0 Å². The molecule has 3 N–H and O–H groups in total. The third-order valence-electron chi connectivity index (χ3n) is 3.31. The molecule has 6 nitrogen and oxygen atoms in total. The van der Waals surface area contributed by atoms with Gasteiger partial charge in [-0.2, -0.15) is 0 Å². The number of hydrogen-bond acceptors (Lipinski definition) is 4. The van der Waals surface area contributed by atoms with Crippen molar-refractivity contribution in [2.24, 2.45) is 0 Å². The van der Waals surface area contributed by atoms with E-state index in [9.17, 15) is 13.2 Å². The summed E-state index contributed by atoms with van der Waals surface area (Å²) in [6.07, 6.45) is 2.92. The Morgan fingerprint density at radius 3 is 2.80 bits per heavy atom. The maximum Gasteiger partial charge on any atom is 0.241 e. The van der Waals surface area contributed by atoms with Gasteiger partial charge < -0.3 is 10.6 Å². The van der Waals surface area contributed by atoms with Gasteiger partial charge in [0, 0.05) is 5.69 Å². The summed E-state index contributed by atoms with van der Waals surface area (Å²) in [7, 11) is -2.14. The van der Waals surface area contributed by atoms with E-state index in [1.54, 1.807) is 12.1 Å². The summed E-state index contributed by atoms with van der Waals surface area (Å²) >= 11 is 0. The third-order valence-corrected chi connectivity index (χ3v) is 4.72. The predicted molar refractivity (Wildman–Crippen MR) is 77.0 cm³/mol. The third kappa shape index (κ3) is 3.56. The van der Waals surface area contributed by atoms with Crippen molar-refractivity contribution < 1.29 is 13.2 Å². The van der Waals surface area contributed by atoms with Gasteiger partial charge in [0.05, 0.1) is 10.9 Å². The minimum atomic E-state index is -3.50. The minimum Gasteiger partial charge on any atom is -0.325 e. The largest absolute Gasteiger partial charge is 0.325 e. The van der Waals surface area contributed by atoms with Crippen molar-refractivity contribution in [3.63, 3.8) is 0 Å². The first-order chi connectivity index (χ1) is 9.53. The van der Waals surface area contributed by atoms with Crippen LogP contribution < -0.4 is 15.4 Å². The number of benzene rings is 1. The zero-order chi connectivity index (χ0) is 14.6. The number of carbonyl (C=O) groups excluding carboxylic acids is 1. The highest BCUT2D eigenvalue weighted by Crippen LogP contribution is 2.16. The van der Waals surface area contributed by atoms with Gasteiger partial charge >= 0.3 is 0 Å². The van der Waals surface area contributed by atoms with Gasteiger partial charge in [-0.05, 0) is 44.6 Å². The molecule has 110 valence electrons. The van der Waals surface area contributed by atoms with Crippen LogP contribution in [-0.2, 0) is 14.8 Å². The van der Waals surface area contributed by atoms with Gasteiger partial charge in [-0.25, -0.2) is 13.1 Å². The van der Waals surface area contributed by atoms with Crippen molar-refractivity contribution in [1.82, 2.24) is 10.0 Å². The average molecular weight is 297 g/mol. The molecule has 0 spiro atoms. The molecule has 1 aromatic carbocycles. The maximum atomic E-state index is 12.1. The molecule has 1 heterocycles. The fourth-order valence-corrected chi connectivity index (χ4v) is 2.94. The highest BCUT2D eigenvalue weighted by Gasteiger charge is 2.21. The quantitative estimate of drug-likeness (QED) is 0.762. The van der Waals surface area contributed by atoms with Gasteiger partial charge in [0.15, 0.2) is 0 Å². The Hall–Kier alpha value is -1.44. The molecule has 1 aliphatic rings. The van der Waals surface area contributed by atoms with E-state index in [1.807, 2.05) is 0 Å². The lowest BCUT2D eigenvalue weighted by molar-refractivity contribution is -0.118. The van der Waals surface area contributed by atoms with E-state index in [1.165, 1.54) is 19.2 Å². The maximum absolute atomic E-state index is 12.1. The fraction of sp³-hybridized carbons (Fsp3) is 0.462. The number of anilines is 1. The van der Waals surface area contributed by atoms with Crippen LogP contribution in [-0.4, -0.2) is 34.0 Å². The van der Waals surface area contributed by atoms with E-state index in [-0.39, 0.29) is 16.8 Å². The van der Waals surface area contributed by atoms with Crippen LogP contribution in [0.1, 0.15) is 19.3 Å². The van der Waals surface area contributed by atoms with Crippen molar-refractivity contribution in [3.8, 4) is 0 Å². The first kappa shape index (κ1) is 15.0. The molecule has 0 bridgehead atoms. The van der Waals surface area contributed by atoms with Crippen LogP contribution in [0.15, 0.2) is 29.2 Å².